The van der Waals surface area contributed by atoms with Crippen molar-refractivity contribution in [3.8, 4) is 17.2 Å². The van der Waals surface area contributed by atoms with E-state index in [9.17, 15) is 0 Å². The SMILES string of the molecule is COCCn1nnnc1C(c1ccc(OC)c(OC)c1)N1CCN(c2ccc(OC)cc2)CC1. The van der Waals surface area contributed by atoms with Gasteiger partial charge in [-0.1, -0.05) is 6.07 Å². The molecule has 10 heteroatoms. The molecule has 0 saturated carbocycles. The smallest absolute Gasteiger partial charge is 0.173 e. The minimum Gasteiger partial charge on any atom is -0.497 e. The van der Waals surface area contributed by atoms with Gasteiger partial charge in [-0.05, 0) is 52.4 Å². The van der Waals surface area contributed by atoms with Gasteiger partial charge < -0.3 is 23.8 Å². The number of methoxy groups -OCH3 is 4. The number of rotatable bonds is 10. The fourth-order valence-electron chi connectivity index (χ4n) is 4.32. The lowest BCUT2D eigenvalue weighted by molar-refractivity contribution is 0.171. The van der Waals surface area contributed by atoms with Crippen LogP contribution in [0.3, 0.4) is 0 Å². The molecular weight excluding hydrogens is 436 g/mol. The normalized spacial score (nSPS) is 15.2. The van der Waals surface area contributed by atoms with Crippen LogP contribution in [0.25, 0.3) is 0 Å². The van der Waals surface area contributed by atoms with Gasteiger partial charge in [0.25, 0.3) is 0 Å². The van der Waals surface area contributed by atoms with Crippen molar-refractivity contribution >= 4 is 5.69 Å². The zero-order chi connectivity index (χ0) is 23.9. The van der Waals surface area contributed by atoms with Crippen molar-refractivity contribution in [1.82, 2.24) is 25.1 Å². The lowest BCUT2D eigenvalue weighted by atomic mass is 10.0. The zero-order valence-electron chi connectivity index (χ0n) is 20.2. The Bertz CT molecular complexity index is 1050. The standard InChI is InChI=1S/C24H32N6O4/c1-31-16-15-30-24(25-26-27-30)23(18-5-10-21(33-3)22(17-18)34-4)29-13-11-28(12-14-29)19-6-8-20(32-2)9-7-19/h5-10,17,23H,11-16H2,1-4H3. The van der Waals surface area contributed by atoms with Gasteiger partial charge in [-0.2, -0.15) is 0 Å². The van der Waals surface area contributed by atoms with Gasteiger partial charge in [0.05, 0.1) is 40.5 Å². The average molecular weight is 469 g/mol. The summed E-state index contributed by atoms with van der Waals surface area (Å²) >= 11 is 0. The maximum atomic E-state index is 5.58. The van der Waals surface area contributed by atoms with E-state index in [2.05, 4.69) is 43.5 Å². The number of hydrogen-bond acceptors (Lipinski definition) is 9. The van der Waals surface area contributed by atoms with Crippen LogP contribution in [0.5, 0.6) is 17.2 Å². The van der Waals surface area contributed by atoms with E-state index >= 15 is 0 Å². The van der Waals surface area contributed by atoms with E-state index in [1.807, 2.05) is 28.9 Å². The Hall–Kier alpha value is -3.37. The number of nitrogens with zero attached hydrogens (tertiary/aromatic N) is 6. The summed E-state index contributed by atoms with van der Waals surface area (Å²) in [5.41, 5.74) is 2.23. The number of anilines is 1. The van der Waals surface area contributed by atoms with Crippen LogP contribution < -0.4 is 19.1 Å². The third-order valence-corrected chi connectivity index (χ3v) is 6.15. The predicted molar refractivity (Wildman–Crippen MR) is 128 cm³/mol. The maximum Gasteiger partial charge on any atom is 0.173 e. The van der Waals surface area contributed by atoms with Gasteiger partial charge in [-0.15, -0.1) is 5.10 Å². The van der Waals surface area contributed by atoms with Crippen LogP contribution in [0.4, 0.5) is 5.69 Å². The van der Waals surface area contributed by atoms with Crippen molar-refractivity contribution in [3.05, 3.63) is 53.9 Å². The van der Waals surface area contributed by atoms with Crippen molar-refractivity contribution in [2.45, 2.75) is 12.6 Å². The molecule has 10 nitrogen and oxygen atoms in total. The molecule has 0 aliphatic carbocycles. The summed E-state index contributed by atoms with van der Waals surface area (Å²) in [5, 5.41) is 12.6. The molecule has 4 rings (SSSR count). The molecule has 34 heavy (non-hydrogen) atoms. The monoisotopic (exact) mass is 468 g/mol. The van der Waals surface area contributed by atoms with Gasteiger partial charge in [0.2, 0.25) is 0 Å². The molecule has 182 valence electrons. The van der Waals surface area contributed by atoms with Crippen LogP contribution in [0.1, 0.15) is 17.4 Å². The Labute approximate surface area is 200 Å². The van der Waals surface area contributed by atoms with Crippen LogP contribution in [-0.2, 0) is 11.3 Å². The first-order valence-electron chi connectivity index (χ1n) is 11.3. The van der Waals surface area contributed by atoms with Gasteiger partial charge in [-0.3, -0.25) is 4.90 Å². The maximum absolute atomic E-state index is 5.58. The van der Waals surface area contributed by atoms with Crippen molar-refractivity contribution in [2.24, 2.45) is 0 Å². The van der Waals surface area contributed by atoms with Crippen LogP contribution in [0.15, 0.2) is 42.5 Å². The molecule has 1 aromatic heterocycles. The first-order valence-corrected chi connectivity index (χ1v) is 11.3. The average Bonchev–Trinajstić information content (AvgIpc) is 3.36. The van der Waals surface area contributed by atoms with Gasteiger partial charge in [0, 0.05) is 39.0 Å². The van der Waals surface area contributed by atoms with Crippen molar-refractivity contribution < 1.29 is 18.9 Å². The molecule has 1 atom stereocenters. The first kappa shape index (κ1) is 23.8. The highest BCUT2D eigenvalue weighted by Gasteiger charge is 2.31. The van der Waals surface area contributed by atoms with E-state index in [0.717, 1.165) is 43.3 Å². The van der Waals surface area contributed by atoms with E-state index in [0.29, 0.717) is 24.7 Å². The number of benzene rings is 2. The molecule has 1 saturated heterocycles. The summed E-state index contributed by atoms with van der Waals surface area (Å²) in [7, 11) is 6.64. The fraction of sp³-hybridized carbons (Fsp3) is 0.458. The molecule has 1 fully saturated rings. The molecule has 0 amide bonds. The second-order valence-electron chi connectivity index (χ2n) is 7.99. The molecular formula is C24H32N6O4. The molecule has 3 aromatic rings. The van der Waals surface area contributed by atoms with Crippen LogP contribution in [-0.4, -0.2) is 86.3 Å². The lowest BCUT2D eigenvalue weighted by Crippen LogP contribution is -2.48. The third kappa shape index (κ3) is 5.07. The molecule has 2 heterocycles. The van der Waals surface area contributed by atoms with Gasteiger partial charge in [-0.25, -0.2) is 4.68 Å². The summed E-state index contributed by atoms with van der Waals surface area (Å²) in [6.07, 6.45) is 0. The number of tetrazole rings is 1. The third-order valence-electron chi connectivity index (χ3n) is 6.15. The van der Waals surface area contributed by atoms with E-state index in [-0.39, 0.29) is 6.04 Å². The lowest BCUT2D eigenvalue weighted by Gasteiger charge is -2.40. The summed E-state index contributed by atoms with van der Waals surface area (Å²) in [6.45, 7) is 4.58. The van der Waals surface area contributed by atoms with E-state index in [1.165, 1.54) is 5.69 Å². The van der Waals surface area contributed by atoms with Crippen molar-refractivity contribution in [2.75, 3.05) is 66.1 Å². The highest BCUT2D eigenvalue weighted by molar-refractivity contribution is 5.50. The van der Waals surface area contributed by atoms with Gasteiger partial charge >= 0.3 is 0 Å². The Kier molecular flexibility index (Phi) is 7.81. The molecule has 0 radical (unpaired) electrons. The number of piperazine rings is 1. The summed E-state index contributed by atoms with van der Waals surface area (Å²) < 4.78 is 23.4. The highest BCUT2D eigenvalue weighted by atomic mass is 16.5. The number of hydrogen-bond donors (Lipinski definition) is 0. The van der Waals surface area contributed by atoms with Gasteiger partial charge in [0.1, 0.15) is 5.75 Å². The second-order valence-corrected chi connectivity index (χ2v) is 7.99. The minimum absolute atomic E-state index is 0.135. The Balaban J connectivity index is 1.61. The van der Waals surface area contributed by atoms with Crippen LogP contribution >= 0.6 is 0 Å². The summed E-state index contributed by atoms with van der Waals surface area (Å²) in [4.78, 5) is 4.80. The Morgan fingerprint density at radius 3 is 2.24 bits per heavy atom. The molecule has 0 N–H and O–H groups in total. The molecule has 1 aliphatic heterocycles. The molecule has 1 unspecified atom stereocenters. The minimum atomic E-state index is -0.135. The second kappa shape index (κ2) is 11.2. The first-order chi connectivity index (χ1) is 16.7. The van der Waals surface area contributed by atoms with Crippen LogP contribution in [0.2, 0.25) is 0 Å². The molecule has 2 aromatic carbocycles. The van der Waals surface area contributed by atoms with E-state index in [1.54, 1.807) is 28.4 Å². The molecule has 0 spiro atoms. The quantitative estimate of drug-likeness (QED) is 0.445. The molecule has 1 aliphatic rings. The van der Waals surface area contributed by atoms with Crippen molar-refractivity contribution in [1.29, 1.82) is 0 Å². The Morgan fingerprint density at radius 1 is 0.853 bits per heavy atom. The number of aromatic nitrogens is 4. The van der Waals surface area contributed by atoms with E-state index in [4.69, 9.17) is 18.9 Å². The summed E-state index contributed by atoms with van der Waals surface area (Å²) in [6, 6.07) is 14.1. The highest BCUT2D eigenvalue weighted by Crippen LogP contribution is 2.35. The fourth-order valence-corrected chi connectivity index (χ4v) is 4.32. The van der Waals surface area contributed by atoms with Gasteiger partial charge in [0.15, 0.2) is 17.3 Å². The Morgan fingerprint density at radius 2 is 1.59 bits per heavy atom. The zero-order valence-corrected chi connectivity index (χ0v) is 20.2. The number of ether oxygens (including phenoxy) is 4. The largest absolute Gasteiger partial charge is 0.497 e. The predicted octanol–water partition coefficient (Wildman–Crippen LogP) is 2.26. The van der Waals surface area contributed by atoms with Crippen LogP contribution in [0, 0.1) is 0 Å². The molecule has 0 bridgehead atoms. The van der Waals surface area contributed by atoms with E-state index < -0.39 is 0 Å². The topological polar surface area (TPSA) is 87.0 Å². The van der Waals surface area contributed by atoms with Crippen molar-refractivity contribution in [3.63, 3.8) is 0 Å². The summed E-state index contributed by atoms with van der Waals surface area (Å²) in [5.74, 6) is 3.01.